The lowest BCUT2D eigenvalue weighted by Crippen LogP contribution is -2.19. The van der Waals surface area contributed by atoms with Crippen LogP contribution in [0.3, 0.4) is 0 Å². The van der Waals surface area contributed by atoms with Gasteiger partial charge in [0, 0.05) is 0 Å². The topological polar surface area (TPSA) is 52.6 Å². The molecule has 0 radical (unpaired) electrons. The van der Waals surface area contributed by atoms with E-state index in [9.17, 15) is 9.59 Å². The van der Waals surface area contributed by atoms with E-state index in [1.807, 2.05) is 0 Å². The maximum absolute atomic E-state index is 12.0. The van der Waals surface area contributed by atoms with E-state index in [2.05, 4.69) is 15.9 Å². The number of carbonyl (C=O) groups is 2. The fraction of sp³-hybridized carbons (Fsp3) is 0.429. The molecule has 0 unspecified atom stereocenters. The molecule has 0 saturated heterocycles. The average Bonchev–Trinajstić information content (AvgIpc) is 3.20. The van der Waals surface area contributed by atoms with Gasteiger partial charge < -0.3 is 9.47 Å². The van der Waals surface area contributed by atoms with Crippen molar-refractivity contribution in [3.05, 3.63) is 28.2 Å². The number of hydrogen-bond acceptors (Lipinski definition) is 4. The smallest absolute Gasteiger partial charge is 0.379 e. The number of halogens is 1. The number of para-hydroxylation sites is 1. The highest BCUT2D eigenvalue weighted by molar-refractivity contribution is 9.10. The van der Waals surface area contributed by atoms with Crippen molar-refractivity contribution in [2.75, 3.05) is 13.2 Å². The molecule has 4 nitrogen and oxygen atoms in total. The molecule has 0 N–H and O–H groups in total. The third-order valence-electron chi connectivity index (χ3n) is 2.83. The molecule has 102 valence electrons. The Hall–Kier alpha value is -1.36. The molecule has 19 heavy (non-hydrogen) atoms. The predicted octanol–water partition coefficient (Wildman–Crippen LogP) is 2.98. The van der Waals surface area contributed by atoms with Crippen LogP contribution in [0, 0.1) is 5.92 Å². The van der Waals surface area contributed by atoms with E-state index in [-0.39, 0.29) is 12.2 Å². The molecule has 0 aliphatic heterocycles. The lowest BCUT2D eigenvalue weighted by atomic mass is 10.1. The summed E-state index contributed by atoms with van der Waals surface area (Å²) < 4.78 is 11.1. The quantitative estimate of drug-likeness (QED) is 0.458. The van der Waals surface area contributed by atoms with Gasteiger partial charge in [0.15, 0.2) is 0 Å². The lowest BCUT2D eigenvalue weighted by molar-refractivity contribution is -0.137. The first-order valence-corrected chi connectivity index (χ1v) is 7.05. The van der Waals surface area contributed by atoms with E-state index in [1.54, 1.807) is 25.1 Å². The number of ether oxygens (including phenoxy) is 2. The van der Waals surface area contributed by atoms with Crippen molar-refractivity contribution in [1.29, 1.82) is 0 Å². The number of ketones is 1. The molecule has 0 bridgehead atoms. The van der Waals surface area contributed by atoms with Gasteiger partial charge in [0.05, 0.1) is 23.2 Å². The second-order valence-corrected chi connectivity index (χ2v) is 5.27. The molecular weight excluding hydrogens is 312 g/mol. The number of esters is 1. The van der Waals surface area contributed by atoms with Crippen molar-refractivity contribution in [2.45, 2.75) is 19.8 Å². The molecule has 0 spiro atoms. The summed E-state index contributed by atoms with van der Waals surface area (Å²) in [6.07, 6.45) is 2.32. The van der Waals surface area contributed by atoms with Crippen LogP contribution in [-0.2, 0) is 9.53 Å². The summed E-state index contributed by atoms with van der Waals surface area (Å²) >= 11 is 3.34. The van der Waals surface area contributed by atoms with E-state index in [1.165, 1.54) is 0 Å². The third-order valence-corrected chi connectivity index (χ3v) is 3.46. The van der Waals surface area contributed by atoms with Crippen molar-refractivity contribution in [3.63, 3.8) is 0 Å². The van der Waals surface area contributed by atoms with Gasteiger partial charge in [-0.3, -0.25) is 4.79 Å². The van der Waals surface area contributed by atoms with Gasteiger partial charge in [0.25, 0.3) is 5.78 Å². The van der Waals surface area contributed by atoms with Gasteiger partial charge in [0.2, 0.25) is 0 Å². The Morgan fingerprint density at radius 1 is 1.37 bits per heavy atom. The molecule has 1 saturated carbocycles. The minimum atomic E-state index is -0.850. The highest BCUT2D eigenvalue weighted by Crippen LogP contribution is 2.34. The van der Waals surface area contributed by atoms with Crippen molar-refractivity contribution in [1.82, 2.24) is 0 Å². The molecule has 1 fully saturated rings. The number of hydrogen-bond donors (Lipinski definition) is 0. The molecule has 1 aromatic carbocycles. The standard InChI is InChI=1S/C14H15BrO4/c1-2-18-14(17)12(16)10-4-3-5-11(15)13(10)19-8-9-6-7-9/h3-5,9H,2,6-8H2,1H3. The number of carbonyl (C=O) groups excluding carboxylic acids is 2. The number of Topliss-reactive ketones (excluding diaryl/α,β-unsaturated/α-hetero) is 1. The van der Waals surface area contributed by atoms with Crippen LogP contribution in [0.4, 0.5) is 0 Å². The Labute approximate surface area is 120 Å². The first-order valence-electron chi connectivity index (χ1n) is 6.26. The van der Waals surface area contributed by atoms with Crippen LogP contribution in [0.5, 0.6) is 5.75 Å². The number of benzene rings is 1. The highest BCUT2D eigenvalue weighted by Gasteiger charge is 2.26. The second-order valence-electron chi connectivity index (χ2n) is 4.42. The minimum absolute atomic E-state index is 0.177. The zero-order valence-electron chi connectivity index (χ0n) is 10.6. The summed E-state index contributed by atoms with van der Waals surface area (Å²) in [7, 11) is 0. The van der Waals surface area contributed by atoms with Gasteiger partial charge >= 0.3 is 5.97 Å². The maximum Gasteiger partial charge on any atom is 0.379 e. The summed E-state index contributed by atoms with van der Waals surface area (Å²) in [4.78, 5) is 23.5. The van der Waals surface area contributed by atoms with Gasteiger partial charge in [-0.25, -0.2) is 4.79 Å². The maximum atomic E-state index is 12.0. The summed E-state index contributed by atoms with van der Waals surface area (Å²) in [6.45, 7) is 2.42. The van der Waals surface area contributed by atoms with E-state index in [4.69, 9.17) is 9.47 Å². The predicted molar refractivity (Wildman–Crippen MR) is 73.3 cm³/mol. The highest BCUT2D eigenvalue weighted by atomic mass is 79.9. The Morgan fingerprint density at radius 2 is 2.11 bits per heavy atom. The van der Waals surface area contributed by atoms with Crippen LogP contribution in [-0.4, -0.2) is 25.0 Å². The molecule has 1 aliphatic rings. The monoisotopic (exact) mass is 326 g/mol. The van der Waals surface area contributed by atoms with Crippen molar-refractivity contribution < 1.29 is 19.1 Å². The molecular formula is C14H15BrO4. The van der Waals surface area contributed by atoms with E-state index in [0.717, 1.165) is 12.8 Å². The summed E-state index contributed by atoms with van der Waals surface area (Å²) in [5.41, 5.74) is 0.244. The first kappa shape index (κ1) is 14.1. The molecule has 1 aliphatic carbocycles. The summed E-state index contributed by atoms with van der Waals surface area (Å²) in [5, 5.41) is 0. The van der Waals surface area contributed by atoms with Gasteiger partial charge in [-0.2, -0.15) is 0 Å². The molecule has 5 heteroatoms. The van der Waals surface area contributed by atoms with Crippen LogP contribution in [0.1, 0.15) is 30.1 Å². The van der Waals surface area contributed by atoms with Gasteiger partial charge in [-0.1, -0.05) is 6.07 Å². The van der Waals surface area contributed by atoms with Crippen LogP contribution >= 0.6 is 15.9 Å². The van der Waals surface area contributed by atoms with E-state index >= 15 is 0 Å². The molecule has 0 aromatic heterocycles. The lowest BCUT2D eigenvalue weighted by Gasteiger charge is -2.11. The Balaban J connectivity index is 2.19. The normalized spacial score (nSPS) is 14.0. The molecule has 0 atom stereocenters. The zero-order chi connectivity index (χ0) is 13.8. The molecule has 0 amide bonds. The zero-order valence-corrected chi connectivity index (χ0v) is 12.2. The Kier molecular flexibility index (Phi) is 4.58. The van der Waals surface area contributed by atoms with E-state index < -0.39 is 11.8 Å². The summed E-state index contributed by atoms with van der Waals surface area (Å²) in [6, 6.07) is 5.05. The van der Waals surface area contributed by atoms with Crippen molar-refractivity contribution >= 4 is 27.7 Å². The fourth-order valence-electron chi connectivity index (χ4n) is 1.63. The second kappa shape index (κ2) is 6.19. The minimum Gasteiger partial charge on any atom is -0.491 e. The first-order chi connectivity index (χ1) is 9.13. The Morgan fingerprint density at radius 3 is 2.74 bits per heavy atom. The van der Waals surface area contributed by atoms with Gasteiger partial charge in [0.1, 0.15) is 5.75 Å². The van der Waals surface area contributed by atoms with Crippen molar-refractivity contribution in [3.8, 4) is 5.75 Å². The van der Waals surface area contributed by atoms with Crippen LogP contribution in [0.15, 0.2) is 22.7 Å². The van der Waals surface area contributed by atoms with Crippen LogP contribution < -0.4 is 4.74 Å². The largest absolute Gasteiger partial charge is 0.491 e. The van der Waals surface area contributed by atoms with Gasteiger partial charge in [-0.05, 0) is 53.7 Å². The van der Waals surface area contributed by atoms with Gasteiger partial charge in [-0.15, -0.1) is 0 Å². The third kappa shape index (κ3) is 3.56. The van der Waals surface area contributed by atoms with E-state index in [0.29, 0.717) is 22.7 Å². The van der Waals surface area contributed by atoms with Crippen LogP contribution in [0.2, 0.25) is 0 Å². The van der Waals surface area contributed by atoms with Crippen molar-refractivity contribution in [2.24, 2.45) is 5.92 Å². The van der Waals surface area contributed by atoms with Crippen LogP contribution in [0.25, 0.3) is 0 Å². The molecule has 1 aromatic rings. The molecule has 0 heterocycles. The Bertz CT molecular complexity index is 494. The fourth-order valence-corrected chi connectivity index (χ4v) is 2.11. The number of rotatable bonds is 6. The molecule has 2 rings (SSSR count). The average molecular weight is 327 g/mol. The summed E-state index contributed by atoms with van der Waals surface area (Å²) in [5.74, 6) is -0.532. The SMILES string of the molecule is CCOC(=O)C(=O)c1cccc(Br)c1OCC1CC1.